The lowest BCUT2D eigenvalue weighted by atomic mass is 9.97. The molecular formula is C16H25N3O. The third-order valence-electron chi connectivity index (χ3n) is 3.63. The van der Waals surface area contributed by atoms with Crippen LogP contribution in [0.25, 0.3) is 0 Å². The predicted molar refractivity (Wildman–Crippen MR) is 82.9 cm³/mol. The van der Waals surface area contributed by atoms with E-state index in [1.807, 2.05) is 20.8 Å². The summed E-state index contributed by atoms with van der Waals surface area (Å²) in [6.07, 6.45) is 2.16. The third-order valence-corrected chi connectivity index (χ3v) is 3.63. The normalized spacial score (nSPS) is 15.9. The van der Waals surface area contributed by atoms with E-state index in [0.717, 1.165) is 24.9 Å². The minimum absolute atomic E-state index is 0.0555. The van der Waals surface area contributed by atoms with Crippen LogP contribution in [0.4, 0.5) is 5.69 Å². The van der Waals surface area contributed by atoms with Crippen molar-refractivity contribution >= 4 is 11.6 Å². The van der Waals surface area contributed by atoms with Crippen LogP contribution in [0, 0.1) is 0 Å². The average Bonchev–Trinajstić information content (AvgIpc) is 2.37. The molecule has 1 amide bonds. The summed E-state index contributed by atoms with van der Waals surface area (Å²) in [6.45, 7) is 7.34. The standard InChI is InChI=1S/C16H25N3O/c1-11(2)18-16(20)10-19-8-4-5-14-9-13(12(3)17)6-7-15(14)19/h6-7,9,11-12H,4-5,8,10,17H2,1-3H3,(H,18,20). The van der Waals surface area contributed by atoms with Crippen molar-refractivity contribution in [2.75, 3.05) is 18.0 Å². The van der Waals surface area contributed by atoms with E-state index in [9.17, 15) is 4.79 Å². The second-order valence-corrected chi connectivity index (χ2v) is 5.92. The first kappa shape index (κ1) is 14.9. The zero-order valence-electron chi connectivity index (χ0n) is 12.6. The molecule has 0 saturated heterocycles. The van der Waals surface area contributed by atoms with Crippen molar-refractivity contribution < 1.29 is 4.79 Å². The zero-order chi connectivity index (χ0) is 14.7. The first-order chi connectivity index (χ1) is 9.47. The molecule has 0 saturated carbocycles. The number of amides is 1. The molecule has 0 bridgehead atoms. The highest BCUT2D eigenvalue weighted by Gasteiger charge is 2.20. The van der Waals surface area contributed by atoms with E-state index in [4.69, 9.17) is 5.73 Å². The maximum Gasteiger partial charge on any atom is 0.239 e. The Balaban J connectivity index is 2.14. The number of fused-ring (bicyclic) bond motifs is 1. The van der Waals surface area contributed by atoms with Gasteiger partial charge in [0, 0.05) is 24.3 Å². The largest absolute Gasteiger partial charge is 0.362 e. The van der Waals surface area contributed by atoms with Gasteiger partial charge in [-0.25, -0.2) is 0 Å². The molecule has 1 aromatic carbocycles. The van der Waals surface area contributed by atoms with Crippen LogP contribution in [0.1, 0.15) is 44.4 Å². The van der Waals surface area contributed by atoms with Crippen molar-refractivity contribution in [3.8, 4) is 0 Å². The molecule has 1 atom stereocenters. The fourth-order valence-electron chi connectivity index (χ4n) is 2.68. The summed E-state index contributed by atoms with van der Waals surface area (Å²) in [6, 6.07) is 6.61. The van der Waals surface area contributed by atoms with Crippen LogP contribution in [0.3, 0.4) is 0 Å². The van der Waals surface area contributed by atoms with Crippen molar-refractivity contribution in [1.29, 1.82) is 0 Å². The molecule has 4 nitrogen and oxygen atoms in total. The van der Waals surface area contributed by atoms with E-state index in [-0.39, 0.29) is 18.0 Å². The van der Waals surface area contributed by atoms with Crippen molar-refractivity contribution in [2.24, 2.45) is 5.73 Å². The predicted octanol–water partition coefficient (Wildman–Crippen LogP) is 1.98. The zero-order valence-corrected chi connectivity index (χ0v) is 12.6. The van der Waals surface area contributed by atoms with Crippen LogP contribution in [-0.4, -0.2) is 25.0 Å². The first-order valence-corrected chi connectivity index (χ1v) is 7.40. The van der Waals surface area contributed by atoms with E-state index < -0.39 is 0 Å². The van der Waals surface area contributed by atoms with Gasteiger partial charge in [0.1, 0.15) is 0 Å². The molecule has 1 aliphatic rings. The molecule has 2 rings (SSSR count). The van der Waals surface area contributed by atoms with E-state index in [0.29, 0.717) is 6.54 Å². The summed E-state index contributed by atoms with van der Waals surface area (Å²) >= 11 is 0. The number of carbonyl (C=O) groups excluding carboxylic acids is 1. The van der Waals surface area contributed by atoms with Gasteiger partial charge in [0.2, 0.25) is 5.91 Å². The third kappa shape index (κ3) is 3.51. The van der Waals surface area contributed by atoms with E-state index >= 15 is 0 Å². The monoisotopic (exact) mass is 275 g/mol. The van der Waals surface area contributed by atoms with Gasteiger partial charge in [-0.3, -0.25) is 4.79 Å². The summed E-state index contributed by atoms with van der Waals surface area (Å²) in [5.41, 5.74) is 9.59. The van der Waals surface area contributed by atoms with Crippen LogP contribution in [0.2, 0.25) is 0 Å². The quantitative estimate of drug-likeness (QED) is 0.883. The lowest BCUT2D eigenvalue weighted by Gasteiger charge is -2.31. The topological polar surface area (TPSA) is 58.4 Å². The number of carbonyl (C=O) groups is 1. The smallest absolute Gasteiger partial charge is 0.239 e. The van der Waals surface area contributed by atoms with Gasteiger partial charge in [-0.1, -0.05) is 12.1 Å². The van der Waals surface area contributed by atoms with Gasteiger partial charge in [0.15, 0.2) is 0 Å². The highest BCUT2D eigenvalue weighted by molar-refractivity contribution is 5.82. The molecule has 20 heavy (non-hydrogen) atoms. The van der Waals surface area contributed by atoms with Crippen molar-refractivity contribution in [2.45, 2.75) is 45.7 Å². The van der Waals surface area contributed by atoms with Gasteiger partial charge < -0.3 is 16.0 Å². The maximum absolute atomic E-state index is 11.9. The molecule has 4 heteroatoms. The number of rotatable bonds is 4. The number of nitrogens with one attached hydrogen (secondary N) is 1. The molecule has 0 aliphatic carbocycles. The number of hydrogen-bond donors (Lipinski definition) is 2. The minimum Gasteiger partial charge on any atom is -0.362 e. The number of hydrogen-bond acceptors (Lipinski definition) is 3. The van der Waals surface area contributed by atoms with Gasteiger partial charge in [0.05, 0.1) is 6.54 Å². The van der Waals surface area contributed by atoms with Crippen LogP contribution in [-0.2, 0) is 11.2 Å². The fourth-order valence-corrected chi connectivity index (χ4v) is 2.68. The molecular weight excluding hydrogens is 250 g/mol. The fraction of sp³-hybridized carbons (Fsp3) is 0.562. The Bertz CT molecular complexity index is 483. The van der Waals surface area contributed by atoms with E-state index in [2.05, 4.69) is 28.4 Å². The Labute approximate surface area is 121 Å². The summed E-state index contributed by atoms with van der Waals surface area (Å²) in [5.74, 6) is 0.0871. The summed E-state index contributed by atoms with van der Waals surface area (Å²) in [7, 11) is 0. The van der Waals surface area contributed by atoms with Crippen LogP contribution in [0.5, 0.6) is 0 Å². The second-order valence-electron chi connectivity index (χ2n) is 5.92. The van der Waals surface area contributed by atoms with Gasteiger partial charge in [-0.2, -0.15) is 0 Å². The van der Waals surface area contributed by atoms with Crippen molar-refractivity contribution in [3.63, 3.8) is 0 Å². The minimum atomic E-state index is 0.0555. The van der Waals surface area contributed by atoms with Gasteiger partial charge in [-0.15, -0.1) is 0 Å². The second kappa shape index (κ2) is 6.27. The highest BCUT2D eigenvalue weighted by atomic mass is 16.2. The van der Waals surface area contributed by atoms with E-state index in [1.54, 1.807) is 0 Å². The van der Waals surface area contributed by atoms with Crippen LogP contribution < -0.4 is 16.0 Å². The number of nitrogens with zero attached hydrogens (tertiary/aromatic N) is 1. The van der Waals surface area contributed by atoms with Gasteiger partial charge >= 0.3 is 0 Å². The number of anilines is 1. The summed E-state index contributed by atoms with van der Waals surface area (Å²) < 4.78 is 0. The summed E-state index contributed by atoms with van der Waals surface area (Å²) in [5, 5.41) is 2.95. The Morgan fingerprint density at radius 2 is 2.15 bits per heavy atom. The molecule has 1 unspecified atom stereocenters. The van der Waals surface area contributed by atoms with Crippen molar-refractivity contribution in [3.05, 3.63) is 29.3 Å². The molecule has 1 aromatic rings. The average molecular weight is 275 g/mol. The highest BCUT2D eigenvalue weighted by Crippen LogP contribution is 2.29. The molecule has 0 fully saturated rings. The van der Waals surface area contributed by atoms with Gasteiger partial charge in [-0.05, 0) is 50.8 Å². The molecule has 1 heterocycles. The molecule has 110 valence electrons. The summed E-state index contributed by atoms with van der Waals surface area (Å²) in [4.78, 5) is 14.1. The number of nitrogens with two attached hydrogens (primary N) is 1. The number of benzene rings is 1. The molecule has 0 aromatic heterocycles. The SMILES string of the molecule is CC(C)NC(=O)CN1CCCc2cc(C(C)N)ccc21. The first-order valence-electron chi connectivity index (χ1n) is 7.40. The lowest BCUT2D eigenvalue weighted by Crippen LogP contribution is -2.42. The van der Waals surface area contributed by atoms with Crippen LogP contribution >= 0.6 is 0 Å². The Morgan fingerprint density at radius 3 is 2.80 bits per heavy atom. The van der Waals surface area contributed by atoms with Crippen LogP contribution in [0.15, 0.2) is 18.2 Å². The molecule has 0 radical (unpaired) electrons. The maximum atomic E-state index is 11.9. The van der Waals surface area contributed by atoms with Crippen molar-refractivity contribution in [1.82, 2.24) is 5.32 Å². The van der Waals surface area contributed by atoms with E-state index in [1.165, 1.54) is 11.3 Å². The molecule has 1 aliphatic heterocycles. The number of aryl methyl sites for hydroxylation is 1. The van der Waals surface area contributed by atoms with Gasteiger partial charge in [0.25, 0.3) is 0 Å². The molecule has 0 spiro atoms. The Hall–Kier alpha value is -1.55. The Morgan fingerprint density at radius 1 is 1.40 bits per heavy atom. The lowest BCUT2D eigenvalue weighted by molar-refractivity contribution is -0.120. The molecule has 3 N–H and O–H groups in total. The Kier molecular flexibility index (Phi) is 4.65.